The molecule has 0 saturated carbocycles. The summed E-state index contributed by atoms with van der Waals surface area (Å²) in [5, 5.41) is 9.21. The van der Waals surface area contributed by atoms with E-state index in [-0.39, 0.29) is 16.2 Å². The molecule has 1 saturated heterocycles. The molecule has 132 valence electrons. The highest BCUT2D eigenvalue weighted by atomic mass is 32.2. The zero-order valence-electron chi connectivity index (χ0n) is 14.4. The number of hydrogen-bond acceptors (Lipinski definition) is 3. The van der Waals surface area contributed by atoms with Gasteiger partial charge in [-0.3, -0.25) is 4.98 Å². The number of nitrogens with zero attached hydrogens (tertiary/aromatic N) is 2. The maximum atomic E-state index is 12.7. The number of carbonyl (C=O) groups is 1. The number of pyridine rings is 1. The van der Waals surface area contributed by atoms with Crippen molar-refractivity contribution in [3.8, 4) is 0 Å². The molecule has 0 unspecified atom stereocenters. The van der Waals surface area contributed by atoms with Crippen molar-refractivity contribution >= 4 is 17.1 Å². The van der Waals surface area contributed by atoms with Gasteiger partial charge < -0.3 is 10.0 Å². The lowest BCUT2D eigenvalue weighted by Gasteiger charge is -2.42. The number of hydrogen-bond donors (Lipinski definition) is 2. The Kier molecular flexibility index (Phi) is 4.42. The van der Waals surface area contributed by atoms with E-state index in [1.807, 2.05) is 26.8 Å². The van der Waals surface area contributed by atoms with Gasteiger partial charge in [-0.2, -0.15) is 0 Å². The lowest BCUT2D eigenvalue weighted by molar-refractivity contribution is 0.0763. The van der Waals surface area contributed by atoms with Gasteiger partial charge in [-0.15, -0.1) is 0 Å². The fourth-order valence-electron chi connectivity index (χ4n) is 3.71. The fourth-order valence-corrected chi connectivity index (χ4v) is 4.63. The van der Waals surface area contributed by atoms with Crippen molar-refractivity contribution in [2.75, 3.05) is 13.1 Å². The van der Waals surface area contributed by atoms with Crippen LogP contribution in [0.5, 0.6) is 0 Å². The molecule has 24 heavy (non-hydrogen) atoms. The van der Waals surface area contributed by atoms with E-state index in [1.54, 1.807) is 6.20 Å². The smallest absolute Gasteiger partial charge is 0.407 e. The van der Waals surface area contributed by atoms with Crippen LogP contribution in [0, 0.1) is 5.41 Å². The molecule has 6 nitrogen and oxygen atoms in total. The minimum atomic E-state index is -1.20. The standard InChI is InChI=1S/C17H25N3O3S/c1-16(2,3)24(23)19-14-13-12(5-4-8-18-13)11-17(14)6-9-20(10-7-17)15(21)22/h4-5,8,14,19H,6-7,9-11H2,1-3H3,(H,21,22)/t14-,24-/m1/s1. The summed E-state index contributed by atoms with van der Waals surface area (Å²) in [5.41, 5.74) is 2.05. The highest BCUT2D eigenvalue weighted by Gasteiger charge is 2.50. The second-order valence-corrected chi connectivity index (χ2v) is 9.79. The number of fused-ring (bicyclic) bond motifs is 1. The lowest BCUT2D eigenvalue weighted by atomic mass is 9.73. The monoisotopic (exact) mass is 351 g/mol. The van der Waals surface area contributed by atoms with Gasteiger partial charge in [-0.05, 0) is 57.1 Å². The van der Waals surface area contributed by atoms with Gasteiger partial charge in [0.2, 0.25) is 0 Å². The molecule has 0 aromatic carbocycles. The molecule has 0 bridgehead atoms. The summed E-state index contributed by atoms with van der Waals surface area (Å²) in [7, 11) is -1.20. The molecule has 1 aliphatic heterocycles. The largest absolute Gasteiger partial charge is 0.465 e. The van der Waals surface area contributed by atoms with Gasteiger partial charge in [0.25, 0.3) is 0 Å². The van der Waals surface area contributed by atoms with Crippen LogP contribution >= 0.6 is 0 Å². The van der Waals surface area contributed by atoms with E-state index in [1.165, 1.54) is 10.5 Å². The molecule has 7 heteroatoms. The summed E-state index contributed by atoms with van der Waals surface area (Å²) in [6.07, 6.45) is 3.30. The number of aromatic nitrogens is 1. The van der Waals surface area contributed by atoms with E-state index in [4.69, 9.17) is 0 Å². The summed E-state index contributed by atoms with van der Waals surface area (Å²) < 4.78 is 15.7. The van der Waals surface area contributed by atoms with Crippen molar-refractivity contribution in [2.45, 2.75) is 50.8 Å². The Bertz CT molecular complexity index is 663. The van der Waals surface area contributed by atoms with Crippen LogP contribution < -0.4 is 4.72 Å². The first-order valence-electron chi connectivity index (χ1n) is 8.33. The minimum absolute atomic E-state index is 0.0929. The summed E-state index contributed by atoms with van der Waals surface area (Å²) >= 11 is 0. The van der Waals surface area contributed by atoms with Gasteiger partial charge in [-0.1, -0.05) is 6.07 Å². The SMILES string of the molecule is CC(C)(C)[S@@](=O)N[C@@H]1c2ncccc2CC12CCN(C(=O)O)CC2. The molecule has 3 rings (SSSR count). The van der Waals surface area contributed by atoms with Gasteiger partial charge in [0.05, 0.1) is 27.5 Å². The van der Waals surface area contributed by atoms with E-state index in [2.05, 4.69) is 15.8 Å². The zero-order valence-corrected chi connectivity index (χ0v) is 15.2. The molecule has 2 aliphatic rings. The Labute approximate surface area is 145 Å². The number of amides is 1. The molecule has 2 atom stereocenters. The van der Waals surface area contributed by atoms with Crippen molar-refractivity contribution in [3.05, 3.63) is 29.6 Å². The van der Waals surface area contributed by atoms with Crippen LogP contribution in [0.25, 0.3) is 0 Å². The van der Waals surface area contributed by atoms with Crippen molar-refractivity contribution in [3.63, 3.8) is 0 Å². The zero-order chi connectivity index (χ0) is 17.5. The third kappa shape index (κ3) is 3.07. The number of nitrogens with one attached hydrogen (secondary N) is 1. The average Bonchev–Trinajstić information content (AvgIpc) is 2.80. The predicted octanol–water partition coefficient (Wildman–Crippen LogP) is 2.49. The molecule has 1 amide bonds. The molecule has 1 aliphatic carbocycles. The maximum absolute atomic E-state index is 12.7. The van der Waals surface area contributed by atoms with E-state index in [0.29, 0.717) is 13.1 Å². The average molecular weight is 351 g/mol. The second kappa shape index (κ2) is 6.11. The van der Waals surface area contributed by atoms with Crippen molar-refractivity contribution in [1.29, 1.82) is 0 Å². The van der Waals surface area contributed by atoms with Crippen LogP contribution in [-0.2, 0) is 17.4 Å². The first-order chi connectivity index (χ1) is 11.2. The molecule has 1 fully saturated rings. The third-order valence-corrected chi connectivity index (χ3v) is 6.73. The highest BCUT2D eigenvalue weighted by Crippen LogP contribution is 2.51. The van der Waals surface area contributed by atoms with Crippen molar-refractivity contribution in [2.24, 2.45) is 5.41 Å². The third-order valence-electron chi connectivity index (χ3n) is 5.17. The van der Waals surface area contributed by atoms with Crippen LogP contribution in [0.15, 0.2) is 18.3 Å². The molecule has 0 radical (unpaired) electrons. The lowest BCUT2D eigenvalue weighted by Crippen LogP contribution is -2.48. The van der Waals surface area contributed by atoms with Crippen LogP contribution in [0.3, 0.4) is 0 Å². The van der Waals surface area contributed by atoms with Crippen molar-refractivity contribution in [1.82, 2.24) is 14.6 Å². The number of rotatable bonds is 2. The molecule has 2 heterocycles. The Morgan fingerprint density at radius 3 is 2.67 bits per heavy atom. The quantitative estimate of drug-likeness (QED) is 0.857. The highest BCUT2D eigenvalue weighted by molar-refractivity contribution is 7.84. The van der Waals surface area contributed by atoms with Gasteiger partial charge in [-0.25, -0.2) is 13.7 Å². The van der Waals surface area contributed by atoms with Gasteiger partial charge in [0, 0.05) is 19.3 Å². The number of carboxylic acid groups (broad SMARTS) is 1. The van der Waals surface area contributed by atoms with Crippen LogP contribution in [0.2, 0.25) is 0 Å². The predicted molar refractivity (Wildman–Crippen MR) is 93.0 cm³/mol. The van der Waals surface area contributed by atoms with Crippen molar-refractivity contribution < 1.29 is 14.1 Å². The van der Waals surface area contributed by atoms with Crippen LogP contribution in [-0.4, -0.2) is 43.1 Å². The molecular formula is C17H25N3O3S. The molecule has 1 spiro atoms. The van der Waals surface area contributed by atoms with E-state index in [0.717, 1.165) is 25.0 Å². The van der Waals surface area contributed by atoms with E-state index >= 15 is 0 Å². The Balaban J connectivity index is 1.89. The van der Waals surface area contributed by atoms with Crippen LogP contribution in [0.4, 0.5) is 4.79 Å². The maximum Gasteiger partial charge on any atom is 0.407 e. The molecular weight excluding hydrogens is 326 g/mol. The van der Waals surface area contributed by atoms with E-state index < -0.39 is 17.1 Å². The normalized spacial score (nSPS) is 24.0. The molecule has 1 aromatic heterocycles. The number of likely N-dealkylation sites (tertiary alicyclic amines) is 1. The first kappa shape index (κ1) is 17.4. The second-order valence-electron chi connectivity index (χ2n) is 7.79. The topological polar surface area (TPSA) is 82.5 Å². The van der Waals surface area contributed by atoms with Gasteiger partial charge in [0.1, 0.15) is 0 Å². The summed E-state index contributed by atoms with van der Waals surface area (Å²) in [4.78, 5) is 17.2. The van der Waals surface area contributed by atoms with Gasteiger partial charge >= 0.3 is 6.09 Å². The first-order valence-corrected chi connectivity index (χ1v) is 9.48. The Morgan fingerprint density at radius 2 is 2.08 bits per heavy atom. The van der Waals surface area contributed by atoms with Crippen LogP contribution in [0.1, 0.15) is 50.9 Å². The van der Waals surface area contributed by atoms with Gasteiger partial charge in [0.15, 0.2) is 0 Å². The van der Waals surface area contributed by atoms with E-state index in [9.17, 15) is 14.1 Å². The Morgan fingerprint density at radius 1 is 1.42 bits per heavy atom. The summed E-state index contributed by atoms with van der Waals surface area (Å²) in [6.45, 7) is 6.88. The minimum Gasteiger partial charge on any atom is -0.465 e. The fraction of sp³-hybridized carbons (Fsp3) is 0.647. The number of piperidine rings is 1. The molecule has 1 aromatic rings. The molecule has 2 N–H and O–H groups in total. The summed E-state index contributed by atoms with van der Waals surface area (Å²) in [5.74, 6) is 0. The summed E-state index contributed by atoms with van der Waals surface area (Å²) in [6, 6.07) is 3.92. The Hall–Kier alpha value is -1.47.